The molecule has 0 aliphatic rings. The van der Waals surface area contributed by atoms with Gasteiger partial charge in [-0.25, -0.2) is 0 Å². The third kappa shape index (κ3) is 5.78. The summed E-state index contributed by atoms with van der Waals surface area (Å²) in [5.74, 6) is -1.82. The standard InChI is InChI=1S/C22H20F3NO5/c1-2-29-19(27)12-26(14-22(23,24)25)21(28)20-17(13-30-15-8-4-3-5-9-15)16-10-6-7-11-18(16)31-20/h3-11H,2,12-14H2,1H3. The number of para-hydroxylation sites is 2. The van der Waals surface area contributed by atoms with Crippen LogP contribution in [0.3, 0.4) is 0 Å². The van der Waals surface area contributed by atoms with Gasteiger partial charge < -0.3 is 18.8 Å². The Balaban J connectivity index is 1.95. The van der Waals surface area contributed by atoms with E-state index in [2.05, 4.69) is 0 Å². The lowest BCUT2D eigenvalue weighted by atomic mass is 10.1. The number of ether oxygens (including phenoxy) is 2. The van der Waals surface area contributed by atoms with Gasteiger partial charge in [-0.1, -0.05) is 36.4 Å². The number of carbonyl (C=O) groups is 2. The van der Waals surface area contributed by atoms with Gasteiger partial charge in [0.25, 0.3) is 5.91 Å². The predicted octanol–water partition coefficient (Wildman–Crippen LogP) is 4.58. The highest BCUT2D eigenvalue weighted by Crippen LogP contribution is 2.29. The van der Waals surface area contributed by atoms with Gasteiger partial charge >= 0.3 is 12.1 Å². The first-order chi connectivity index (χ1) is 14.8. The molecule has 0 radical (unpaired) electrons. The summed E-state index contributed by atoms with van der Waals surface area (Å²) in [6.07, 6.45) is -4.71. The summed E-state index contributed by atoms with van der Waals surface area (Å²) < 4.78 is 55.3. The molecule has 0 unspecified atom stereocenters. The van der Waals surface area contributed by atoms with Crippen molar-refractivity contribution >= 4 is 22.8 Å². The van der Waals surface area contributed by atoms with Crippen molar-refractivity contribution in [1.82, 2.24) is 4.90 Å². The zero-order valence-corrected chi connectivity index (χ0v) is 16.6. The Morgan fingerprint density at radius 1 is 1.03 bits per heavy atom. The maximum absolute atomic E-state index is 13.1. The first-order valence-electron chi connectivity index (χ1n) is 9.48. The number of benzene rings is 2. The molecule has 0 N–H and O–H groups in total. The van der Waals surface area contributed by atoms with Crippen molar-refractivity contribution in [3.8, 4) is 5.75 Å². The number of hydrogen-bond donors (Lipinski definition) is 0. The zero-order chi connectivity index (χ0) is 22.4. The molecule has 1 amide bonds. The van der Waals surface area contributed by atoms with Crippen molar-refractivity contribution in [2.45, 2.75) is 19.7 Å². The number of amides is 1. The normalized spacial score (nSPS) is 11.4. The molecule has 0 fully saturated rings. The molecule has 31 heavy (non-hydrogen) atoms. The van der Waals surface area contributed by atoms with Gasteiger partial charge in [-0.2, -0.15) is 13.2 Å². The van der Waals surface area contributed by atoms with Crippen molar-refractivity contribution < 1.29 is 36.7 Å². The van der Waals surface area contributed by atoms with Crippen molar-refractivity contribution in [1.29, 1.82) is 0 Å². The molecule has 1 aromatic heterocycles. The summed E-state index contributed by atoms with van der Waals surface area (Å²) in [6.45, 7) is -1.09. The van der Waals surface area contributed by atoms with Gasteiger partial charge in [-0.15, -0.1) is 0 Å². The van der Waals surface area contributed by atoms with Gasteiger partial charge in [0.15, 0.2) is 5.76 Å². The summed E-state index contributed by atoms with van der Waals surface area (Å²) in [7, 11) is 0. The van der Waals surface area contributed by atoms with E-state index in [1.807, 2.05) is 0 Å². The number of carbonyl (C=O) groups excluding carboxylic acids is 2. The number of rotatable bonds is 8. The summed E-state index contributed by atoms with van der Waals surface area (Å²) in [4.78, 5) is 25.2. The Kier molecular flexibility index (Phi) is 6.84. The number of furan rings is 1. The Hall–Kier alpha value is -3.49. The SMILES string of the molecule is CCOC(=O)CN(CC(F)(F)F)C(=O)c1oc2ccccc2c1COc1ccccc1. The van der Waals surface area contributed by atoms with Crippen LogP contribution in [0.5, 0.6) is 5.75 Å². The second-order valence-electron chi connectivity index (χ2n) is 6.59. The fourth-order valence-electron chi connectivity index (χ4n) is 3.01. The average Bonchev–Trinajstić information content (AvgIpc) is 3.10. The first-order valence-corrected chi connectivity index (χ1v) is 9.48. The number of nitrogens with zero attached hydrogens (tertiary/aromatic N) is 1. The molecule has 0 aliphatic carbocycles. The molecular weight excluding hydrogens is 415 g/mol. The smallest absolute Gasteiger partial charge is 0.406 e. The summed E-state index contributed by atoms with van der Waals surface area (Å²) in [6, 6.07) is 15.4. The van der Waals surface area contributed by atoms with Crippen molar-refractivity contribution in [2.75, 3.05) is 19.7 Å². The quantitative estimate of drug-likeness (QED) is 0.485. The summed E-state index contributed by atoms with van der Waals surface area (Å²) in [5, 5.41) is 0.532. The number of alkyl halides is 3. The van der Waals surface area contributed by atoms with Crippen LogP contribution in [-0.4, -0.2) is 42.6 Å². The molecule has 0 saturated carbocycles. The third-order valence-corrected chi connectivity index (χ3v) is 4.30. The molecule has 9 heteroatoms. The van der Waals surface area contributed by atoms with Crippen LogP contribution in [0.4, 0.5) is 13.2 Å². The summed E-state index contributed by atoms with van der Waals surface area (Å²) in [5.41, 5.74) is 0.612. The second-order valence-corrected chi connectivity index (χ2v) is 6.59. The average molecular weight is 435 g/mol. The molecule has 3 aromatic rings. The lowest BCUT2D eigenvalue weighted by Crippen LogP contribution is -2.42. The molecule has 0 spiro atoms. The van der Waals surface area contributed by atoms with E-state index >= 15 is 0 Å². The van der Waals surface area contributed by atoms with E-state index < -0.39 is 31.1 Å². The molecule has 0 atom stereocenters. The highest BCUT2D eigenvalue weighted by atomic mass is 19.4. The van der Waals surface area contributed by atoms with Crippen LogP contribution in [0.2, 0.25) is 0 Å². The topological polar surface area (TPSA) is 69.0 Å². The third-order valence-electron chi connectivity index (χ3n) is 4.30. The van der Waals surface area contributed by atoms with Crippen molar-refractivity contribution in [3.63, 3.8) is 0 Å². The van der Waals surface area contributed by atoms with Crippen molar-refractivity contribution in [2.24, 2.45) is 0 Å². The van der Waals surface area contributed by atoms with E-state index in [4.69, 9.17) is 13.9 Å². The van der Waals surface area contributed by atoms with E-state index in [1.165, 1.54) is 6.92 Å². The Bertz CT molecular complexity index is 1050. The van der Waals surface area contributed by atoms with Crippen LogP contribution < -0.4 is 4.74 Å². The van der Waals surface area contributed by atoms with Gasteiger partial charge in [0, 0.05) is 10.9 Å². The molecule has 6 nitrogen and oxygen atoms in total. The lowest BCUT2D eigenvalue weighted by Gasteiger charge is -2.22. The molecular formula is C22H20F3NO5. The maximum atomic E-state index is 13.1. The molecule has 1 heterocycles. The van der Waals surface area contributed by atoms with Gasteiger partial charge in [-0.3, -0.25) is 9.59 Å². The van der Waals surface area contributed by atoms with Gasteiger partial charge in [0.1, 0.15) is 31.0 Å². The molecule has 2 aromatic carbocycles. The molecule has 0 bridgehead atoms. The van der Waals surface area contributed by atoms with Crippen LogP contribution >= 0.6 is 0 Å². The minimum absolute atomic E-state index is 0.0202. The van der Waals surface area contributed by atoms with E-state index in [1.54, 1.807) is 54.6 Å². The largest absolute Gasteiger partial charge is 0.489 e. The van der Waals surface area contributed by atoms with E-state index in [-0.39, 0.29) is 19.0 Å². The fourth-order valence-corrected chi connectivity index (χ4v) is 3.01. The minimum atomic E-state index is -4.71. The number of hydrogen-bond acceptors (Lipinski definition) is 5. The highest BCUT2D eigenvalue weighted by Gasteiger charge is 2.36. The van der Waals surface area contributed by atoms with E-state index in [9.17, 15) is 22.8 Å². The van der Waals surface area contributed by atoms with Gasteiger partial charge in [-0.05, 0) is 25.1 Å². The molecule has 3 rings (SSSR count). The van der Waals surface area contributed by atoms with E-state index in [0.29, 0.717) is 27.2 Å². The monoisotopic (exact) mass is 435 g/mol. The number of esters is 1. The second kappa shape index (κ2) is 9.55. The predicted molar refractivity (Wildman–Crippen MR) is 106 cm³/mol. The van der Waals surface area contributed by atoms with Crippen molar-refractivity contribution in [3.05, 3.63) is 65.9 Å². The van der Waals surface area contributed by atoms with Crippen LogP contribution in [-0.2, 0) is 16.1 Å². The highest BCUT2D eigenvalue weighted by molar-refractivity contribution is 6.00. The zero-order valence-electron chi connectivity index (χ0n) is 16.6. The minimum Gasteiger partial charge on any atom is -0.489 e. The van der Waals surface area contributed by atoms with Crippen LogP contribution in [0, 0.1) is 0 Å². The van der Waals surface area contributed by atoms with Gasteiger partial charge in [0.05, 0.1) is 6.61 Å². The Morgan fingerprint density at radius 2 is 1.71 bits per heavy atom. The maximum Gasteiger partial charge on any atom is 0.406 e. The number of halogens is 3. The van der Waals surface area contributed by atoms with Crippen LogP contribution in [0.25, 0.3) is 11.0 Å². The van der Waals surface area contributed by atoms with E-state index in [0.717, 1.165) is 0 Å². The Morgan fingerprint density at radius 3 is 2.39 bits per heavy atom. The van der Waals surface area contributed by atoms with Crippen LogP contribution in [0.15, 0.2) is 59.0 Å². The molecule has 0 aliphatic heterocycles. The summed E-state index contributed by atoms with van der Waals surface area (Å²) >= 11 is 0. The number of fused-ring (bicyclic) bond motifs is 1. The molecule has 0 saturated heterocycles. The van der Waals surface area contributed by atoms with Crippen LogP contribution in [0.1, 0.15) is 23.0 Å². The fraction of sp³-hybridized carbons (Fsp3) is 0.273. The Labute approximate surface area is 176 Å². The molecule has 164 valence electrons. The van der Waals surface area contributed by atoms with Gasteiger partial charge in [0.2, 0.25) is 0 Å². The first kappa shape index (κ1) is 22.2. The lowest BCUT2D eigenvalue weighted by molar-refractivity contribution is -0.153.